The second kappa shape index (κ2) is 6.73. The molecule has 0 saturated carbocycles. The van der Waals surface area contributed by atoms with Crippen molar-refractivity contribution in [2.75, 3.05) is 18.2 Å². The molecule has 0 atom stereocenters. The number of rotatable bonds is 5. The molecule has 0 N–H and O–H groups in total. The first kappa shape index (κ1) is 14.8. The second-order valence-electron chi connectivity index (χ2n) is 4.92. The number of aryl methyl sites for hydroxylation is 1. The maximum atomic E-state index is 12.3. The third-order valence-corrected chi connectivity index (χ3v) is 5.67. The summed E-state index contributed by atoms with van der Waals surface area (Å²) in [6, 6.07) is 8.12. The van der Waals surface area contributed by atoms with E-state index < -0.39 is 10.0 Å². The maximum Gasteiger partial charge on any atom is 0.214 e. The van der Waals surface area contributed by atoms with Gasteiger partial charge in [0.1, 0.15) is 0 Å². The Morgan fingerprint density at radius 3 is 2.63 bits per heavy atom. The lowest BCUT2D eigenvalue weighted by Gasteiger charge is -2.20. The maximum absolute atomic E-state index is 12.3. The standard InChI is InChI=1S/C14H20ClNO2S/c15-9-3-4-11-19(17,18)16-10-5-8-13-6-1-2-7-14(13)12-16/h1-2,6-7H,3-5,8-12H2. The van der Waals surface area contributed by atoms with Gasteiger partial charge in [-0.05, 0) is 36.8 Å². The molecule has 1 aromatic rings. The van der Waals surface area contributed by atoms with E-state index in [-0.39, 0.29) is 5.75 Å². The fourth-order valence-corrected chi connectivity index (χ4v) is 4.18. The van der Waals surface area contributed by atoms with Crippen LogP contribution in [0.5, 0.6) is 0 Å². The van der Waals surface area contributed by atoms with Gasteiger partial charge < -0.3 is 0 Å². The average molecular weight is 302 g/mol. The zero-order valence-electron chi connectivity index (χ0n) is 11.0. The first-order valence-electron chi connectivity index (χ1n) is 6.74. The lowest BCUT2D eigenvalue weighted by Crippen LogP contribution is -2.32. The van der Waals surface area contributed by atoms with Gasteiger partial charge in [-0.25, -0.2) is 8.42 Å². The summed E-state index contributed by atoms with van der Waals surface area (Å²) in [5, 5.41) is 0. The fraction of sp³-hybridized carbons (Fsp3) is 0.571. The zero-order valence-corrected chi connectivity index (χ0v) is 12.6. The molecule has 0 amide bonds. The van der Waals surface area contributed by atoms with Gasteiger partial charge in [-0.15, -0.1) is 11.6 Å². The molecule has 106 valence electrons. The predicted molar refractivity (Wildman–Crippen MR) is 78.9 cm³/mol. The van der Waals surface area contributed by atoms with Crippen LogP contribution in [0.4, 0.5) is 0 Å². The summed E-state index contributed by atoms with van der Waals surface area (Å²) in [5.41, 5.74) is 2.42. The van der Waals surface area contributed by atoms with Crippen molar-refractivity contribution in [3.63, 3.8) is 0 Å². The smallest absolute Gasteiger partial charge is 0.212 e. The Morgan fingerprint density at radius 1 is 1.16 bits per heavy atom. The van der Waals surface area contributed by atoms with Crippen LogP contribution in [-0.2, 0) is 23.0 Å². The fourth-order valence-electron chi connectivity index (χ4n) is 2.42. The Morgan fingerprint density at radius 2 is 1.89 bits per heavy atom. The molecule has 1 aliphatic heterocycles. The highest BCUT2D eigenvalue weighted by molar-refractivity contribution is 7.89. The van der Waals surface area contributed by atoms with Crippen molar-refractivity contribution in [2.24, 2.45) is 0 Å². The summed E-state index contributed by atoms with van der Waals surface area (Å²) in [5.74, 6) is 0.736. The van der Waals surface area contributed by atoms with Crippen molar-refractivity contribution >= 4 is 21.6 Å². The molecule has 2 rings (SSSR count). The van der Waals surface area contributed by atoms with Gasteiger partial charge >= 0.3 is 0 Å². The summed E-state index contributed by atoms with van der Waals surface area (Å²) in [6.07, 6.45) is 3.25. The van der Waals surface area contributed by atoms with Crippen LogP contribution in [0.2, 0.25) is 0 Å². The normalized spacial score (nSPS) is 16.9. The molecule has 1 aromatic carbocycles. The second-order valence-corrected chi connectivity index (χ2v) is 7.38. The Hall–Kier alpha value is -0.580. The SMILES string of the molecule is O=S(=O)(CCCCCl)N1CCCc2ccccc2C1. The highest BCUT2D eigenvalue weighted by Crippen LogP contribution is 2.21. The van der Waals surface area contributed by atoms with E-state index in [1.165, 1.54) is 5.56 Å². The van der Waals surface area contributed by atoms with Gasteiger partial charge in [-0.2, -0.15) is 4.31 Å². The molecule has 0 aliphatic carbocycles. The Labute approximate surface area is 120 Å². The van der Waals surface area contributed by atoms with Crippen LogP contribution in [0, 0.1) is 0 Å². The van der Waals surface area contributed by atoms with E-state index in [2.05, 4.69) is 6.07 Å². The first-order chi connectivity index (χ1) is 9.13. The molecule has 3 nitrogen and oxygen atoms in total. The number of benzene rings is 1. The molecule has 1 heterocycles. The quantitative estimate of drug-likeness (QED) is 0.619. The molecule has 19 heavy (non-hydrogen) atoms. The number of sulfonamides is 1. The summed E-state index contributed by atoms with van der Waals surface area (Å²) >= 11 is 5.60. The van der Waals surface area contributed by atoms with E-state index in [1.807, 2.05) is 18.2 Å². The summed E-state index contributed by atoms with van der Waals surface area (Å²) in [6.45, 7) is 1.14. The Bertz CT molecular complexity index is 516. The molecule has 5 heteroatoms. The van der Waals surface area contributed by atoms with E-state index >= 15 is 0 Å². The molecule has 0 saturated heterocycles. The number of halogens is 1. The molecular formula is C14H20ClNO2S. The Kier molecular flexibility index (Phi) is 5.25. The van der Waals surface area contributed by atoms with Crippen LogP contribution in [0.1, 0.15) is 30.4 Å². The lowest BCUT2D eigenvalue weighted by molar-refractivity contribution is 0.409. The van der Waals surface area contributed by atoms with E-state index in [9.17, 15) is 8.42 Å². The van der Waals surface area contributed by atoms with Gasteiger partial charge in [0.25, 0.3) is 0 Å². The van der Waals surface area contributed by atoms with Crippen molar-refractivity contribution in [3.05, 3.63) is 35.4 Å². The van der Waals surface area contributed by atoms with Crippen LogP contribution in [0.15, 0.2) is 24.3 Å². The van der Waals surface area contributed by atoms with E-state index in [1.54, 1.807) is 4.31 Å². The van der Waals surface area contributed by atoms with Gasteiger partial charge in [0.2, 0.25) is 10.0 Å². The van der Waals surface area contributed by atoms with E-state index in [0.29, 0.717) is 25.4 Å². The van der Waals surface area contributed by atoms with Crippen LogP contribution in [-0.4, -0.2) is 30.9 Å². The topological polar surface area (TPSA) is 37.4 Å². The molecule has 0 bridgehead atoms. The third kappa shape index (κ3) is 3.94. The van der Waals surface area contributed by atoms with Crippen LogP contribution in [0.3, 0.4) is 0 Å². The highest BCUT2D eigenvalue weighted by atomic mass is 35.5. The number of fused-ring (bicyclic) bond motifs is 1. The van der Waals surface area contributed by atoms with Crippen molar-refractivity contribution in [2.45, 2.75) is 32.2 Å². The van der Waals surface area contributed by atoms with Gasteiger partial charge in [0.05, 0.1) is 5.75 Å². The van der Waals surface area contributed by atoms with Gasteiger partial charge in [0, 0.05) is 19.0 Å². The minimum Gasteiger partial charge on any atom is -0.212 e. The van der Waals surface area contributed by atoms with Crippen molar-refractivity contribution in [1.29, 1.82) is 0 Å². The number of nitrogens with zero attached hydrogens (tertiary/aromatic N) is 1. The van der Waals surface area contributed by atoms with Crippen molar-refractivity contribution < 1.29 is 8.42 Å². The molecular weight excluding hydrogens is 282 g/mol. The van der Waals surface area contributed by atoms with Crippen LogP contribution >= 0.6 is 11.6 Å². The first-order valence-corrected chi connectivity index (χ1v) is 8.88. The minimum atomic E-state index is -3.15. The van der Waals surface area contributed by atoms with Crippen LogP contribution in [0.25, 0.3) is 0 Å². The molecule has 0 fully saturated rings. The van der Waals surface area contributed by atoms with Gasteiger partial charge in [0.15, 0.2) is 0 Å². The summed E-state index contributed by atoms with van der Waals surface area (Å²) < 4.78 is 26.2. The lowest BCUT2D eigenvalue weighted by atomic mass is 10.0. The molecule has 0 spiro atoms. The van der Waals surface area contributed by atoms with Crippen molar-refractivity contribution in [3.8, 4) is 0 Å². The molecule has 0 radical (unpaired) electrons. The minimum absolute atomic E-state index is 0.210. The number of hydrogen-bond acceptors (Lipinski definition) is 2. The predicted octanol–water partition coefficient (Wildman–Crippen LogP) is 2.78. The average Bonchev–Trinajstić information content (AvgIpc) is 2.61. The summed E-state index contributed by atoms with van der Waals surface area (Å²) in [4.78, 5) is 0. The number of alkyl halides is 1. The molecule has 0 aromatic heterocycles. The molecule has 0 unspecified atom stereocenters. The monoisotopic (exact) mass is 301 g/mol. The van der Waals surface area contributed by atoms with Crippen LogP contribution < -0.4 is 0 Å². The third-order valence-electron chi connectivity index (χ3n) is 3.50. The highest BCUT2D eigenvalue weighted by Gasteiger charge is 2.24. The van der Waals surface area contributed by atoms with E-state index in [0.717, 1.165) is 24.8 Å². The largest absolute Gasteiger partial charge is 0.214 e. The summed E-state index contributed by atoms with van der Waals surface area (Å²) in [7, 11) is -3.15. The molecule has 1 aliphatic rings. The Balaban J connectivity index is 2.09. The van der Waals surface area contributed by atoms with E-state index in [4.69, 9.17) is 11.6 Å². The number of unbranched alkanes of at least 4 members (excludes halogenated alkanes) is 1. The van der Waals surface area contributed by atoms with Gasteiger partial charge in [-0.3, -0.25) is 0 Å². The number of hydrogen-bond donors (Lipinski definition) is 0. The van der Waals surface area contributed by atoms with Gasteiger partial charge in [-0.1, -0.05) is 24.3 Å². The zero-order chi connectivity index (χ0) is 13.7. The van der Waals surface area contributed by atoms with Crippen molar-refractivity contribution in [1.82, 2.24) is 4.31 Å².